The van der Waals surface area contributed by atoms with Gasteiger partial charge in [-0.05, 0) is 50.1 Å². The summed E-state index contributed by atoms with van der Waals surface area (Å²) in [5.74, 6) is 1.65. The zero-order valence-corrected chi connectivity index (χ0v) is 16.8. The van der Waals surface area contributed by atoms with Gasteiger partial charge >= 0.3 is 0 Å². The molecule has 1 aliphatic heterocycles. The number of para-hydroxylation sites is 1. The lowest BCUT2D eigenvalue weighted by Crippen LogP contribution is -2.47. The van der Waals surface area contributed by atoms with Crippen LogP contribution in [0.3, 0.4) is 0 Å². The van der Waals surface area contributed by atoms with Crippen molar-refractivity contribution in [2.75, 3.05) is 41.3 Å². The molecular formula is C23H27N5. The third kappa shape index (κ3) is 4.09. The van der Waals surface area contributed by atoms with Crippen molar-refractivity contribution in [2.45, 2.75) is 20.8 Å². The average molecular weight is 374 g/mol. The molecule has 0 spiro atoms. The maximum absolute atomic E-state index is 4.79. The number of rotatable bonds is 4. The number of nitrogens with zero attached hydrogens (tertiary/aromatic N) is 4. The summed E-state index contributed by atoms with van der Waals surface area (Å²) in [4.78, 5) is 14.2. The van der Waals surface area contributed by atoms with E-state index < -0.39 is 0 Å². The van der Waals surface area contributed by atoms with Gasteiger partial charge in [-0.2, -0.15) is 4.98 Å². The number of hydrogen-bond donors (Lipinski definition) is 1. The number of aromatic nitrogens is 2. The number of anilines is 4. The molecule has 5 heteroatoms. The third-order valence-electron chi connectivity index (χ3n) is 5.18. The lowest BCUT2D eigenvalue weighted by molar-refractivity contribution is 0.639. The van der Waals surface area contributed by atoms with Crippen LogP contribution in [0, 0.1) is 20.8 Å². The predicted octanol–water partition coefficient (Wildman–Crippen LogP) is 4.47. The van der Waals surface area contributed by atoms with E-state index in [1.807, 2.05) is 25.1 Å². The summed E-state index contributed by atoms with van der Waals surface area (Å²) < 4.78 is 0. The van der Waals surface area contributed by atoms with Gasteiger partial charge in [-0.25, -0.2) is 4.98 Å². The highest BCUT2D eigenvalue weighted by Gasteiger charge is 2.20. The van der Waals surface area contributed by atoms with Crippen molar-refractivity contribution in [1.29, 1.82) is 0 Å². The molecule has 2 heterocycles. The fourth-order valence-electron chi connectivity index (χ4n) is 3.60. The van der Waals surface area contributed by atoms with Gasteiger partial charge in [0.1, 0.15) is 5.82 Å². The maximum Gasteiger partial charge on any atom is 0.227 e. The van der Waals surface area contributed by atoms with Gasteiger partial charge in [0.05, 0.1) is 0 Å². The molecule has 2 aromatic carbocycles. The Kier molecular flexibility index (Phi) is 5.15. The van der Waals surface area contributed by atoms with Crippen molar-refractivity contribution >= 4 is 23.1 Å². The molecule has 144 valence electrons. The third-order valence-corrected chi connectivity index (χ3v) is 5.18. The zero-order valence-electron chi connectivity index (χ0n) is 16.8. The monoisotopic (exact) mass is 373 g/mol. The van der Waals surface area contributed by atoms with Crippen molar-refractivity contribution < 1.29 is 0 Å². The summed E-state index contributed by atoms with van der Waals surface area (Å²) in [7, 11) is 0. The van der Waals surface area contributed by atoms with Gasteiger partial charge in [0.25, 0.3) is 0 Å². The molecule has 0 unspecified atom stereocenters. The van der Waals surface area contributed by atoms with E-state index in [2.05, 4.69) is 70.3 Å². The van der Waals surface area contributed by atoms with Crippen LogP contribution in [-0.4, -0.2) is 36.1 Å². The van der Waals surface area contributed by atoms with Crippen molar-refractivity contribution in [3.05, 3.63) is 71.4 Å². The molecule has 0 atom stereocenters. The molecule has 1 aromatic heterocycles. The van der Waals surface area contributed by atoms with Crippen LogP contribution in [0.25, 0.3) is 0 Å². The van der Waals surface area contributed by atoms with Crippen LogP contribution in [-0.2, 0) is 0 Å². The lowest BCUT2D eigenvalue weighted by atomic mass is 10.2. The van der Waals surface area contributed by atoms with E-state index in [0.29, 0.717) is 0 Å². The Morgan fingerprint density at radius 2 is 1.54 bits per heavy atom. The highest BCUT2D eigenvalue weighted by Crippen LogP contribution is 2.23. The van der Waals surface area contributed by atoms with E-state index in [1.54, 1.807) is 0 Å². The van der Waals surface area contributed by atoms with Crippen molar-refractivity contribution in [1.82, 2.24) is 9.97 Å². The molecule has 5 nitrogen and oxygen atoms in total. The molecule has 1 saturated heterocycles. The number of piperazine rings is 1. The first kappa shape index (κ1) is 18.3. The van der Waals surface area contributed by atoms with Crippen LogP contribution < -0.4 is 15.1 Å². The van der Waals surface area contributed by atoms with Gasteiger partial charge in [-0.15, -0.1) is 0 Å². The van der Waals surface area contributed by atoms with Crippen LogP contribution in [0.4, 0.5) is 23.1 Å². The van der Waals surface area contributed by atoms with Crippen molar-refractivity contribution in [3.63, 3.8) is 0 Å². The van der Waals surface area contributed by atoms with Gasteiger partial charge < -0.3 is 15.1 Å². The quantitative estimate of drug-likeness (QED) is 0.731. The second kappa shape index (κ2) is 7.89. The van der Waals surface area contributed by atoms with E-state index in [9.17, 15) is 0 Å². The largest absolute Gasteiger partial charge is 0.368 e. The van der Waals surface area contributed by atoms with Crippen LogP contribution in [0.5, 0.6) is 0 Å². The van der Waals surface area contributed by atoms with Gasteiger partial charge in [-0.1, -0.05) is 30.3 Å². The normalized spacial score (nSPS) is 14.2. The summed E-state index contributed by atoms with van der Waals surface area (Å²) in [5.41, 5.74) is 5.85. The topological polar surface area (TPSA) is 44.3 Å². The van der Waals surface area contributed by atoms with Crippen molar-refractivity contribution in [2.24, 2.45) is 0 Å². The molecule has 0 radical (unpaired) electrons. The summed E-state index contributed by atoms with van der Waals surface area (Å²) in [5, 5.41) is 3.45. The lowest BCUT2D eigenvalue weighted by Gasteiger charge is -2.36. The Bertz CT molecular complexity index is 961. The summed E-state index contributed by atoms with van der Waals surface area (Å²) in [6.07, 6.45) is 0. The summed E-state index contributed by atoms with van der Waals surface area (Å²) >= 11 is 0. The molecule has 0 aliphatic carbocycles. The molecule has 1 N–H and O–H groups in total. The summed E-state index contributed by atoms with van der Waals surface area (Å²) in [6.45, 7) is 10.0. The predicted molar refractivity (Wildman–Crippen MR) is 117 cm³/mol. The number of hydrogen-bond acceptors (Lipinski definition) is 5. The molecule has 28 heavy (non-hydrogen) atoms. The van der Waals surface area contributed by atoms with Crippen LogP contribution >= 0.6 is 0 Å². The Morgan fingerprint density at radius 3 is 2.29 bits per heavy atom. The van der Waals surface area contributed by atoms with Crippen LogP contribution in [0.2, 0.25) is 0 Å². The zero-order chi connectivity index (χ0) is 19.5. The Balaban J connectivity index is 1.48. The van der Waals surface area contributed by atoms with E-state index in [4.69, 9.17) is 4.98 Å². The van der Waals surface area contributed by atoms with Gasteiger partial charge in [0.2, 0.25) is 5.95 Å². The Labute approximate surface area is 167 Å². The minimum Gasteiger partial charge on any atom is -0.368 e. The second-order valence-corrected chi connectivity index (χ2v) is 7.45. The number of aryl methyl sites for hydroxylation is 3. The van der Waals surface area contributed by atoms with E-state index in [0.717, 1.165) is 49.3 Å². The fourth-order valence-corrected chi connectivity index (χ4v) is 3.60. The maximum atomic E-state index is 4.79. The minimum atomic E-state index is 0.806. The Hall–Kier alpha value is -3.08. The SMILES string of the molecule is Cc1cccc(N2CCN(c3nc(C)cc(Nc4ccccc4C)n3)CC2)c1. The van der Waals surface area contributed by atoms with Gasteiger partial charge in [0, 0.05) is 49.3 Å². The number of benzene rings is 2. The standard InChI is InChI=1S/C23H27N5/c1-17-7-6-9-20(15-17)27-11-13-28(14-12-27)23-24-19(3)16-22(26-23)25-21-10-5-4-8-18(21)2/h4-10,15-16H,11-14H2,1-3H3,(H,24,25,26). The summed E-state index contributed by atoms with van der Waals surface area (Å²) in [6, 6.07) is 19.0. The molecule has 1 aliphatic rings. The van der Waals surface area contributed by atoms with Crippen molar-refractivity contribution in [3.8, 4) is 0 Å². The molecule has 4 rings (SSSR count). The smallest absolute Gasteiger partial charge is 0.227 e. The van der Waals surface area contributed by atoms with Crippen LogP contribution in [0.15, 0.2) is 54.6 Å². The van der Waals surface area contributed by atoms with Crippen LogP contribution in [0.1, 0.15) is 16.8 Å². The molecule has 3 aromatic rings. The van der Waals surface area contributed by atoms with E-state index in [-0.39, 0.29) is 0 Å². The first-order valence-corrected chi connectivity index (χ1v) is 9.83. The van der Waals surface area contributed by atoms with E-state index in [1.165, 1.54) is 16.8 Å². The average Bonchev–Trinajstić information content (AvgIpc) is 2.69. The highest BCUT2D eigenvalue weighted by atomic mass is 15.3. The van der Waals surface area contributed by atoms with E-state index >= 15 is 0 Å². The molecule has 0 bridgehead atoms. The van der Waals surface area contributed by atoms with Gasteiger partial charge in [-0.3, -0.25) is 0 Å². The fraction of sp³-hybridized carbons (Fsp3) is 0.304. The first-order valence-electron chi connectivity index (χ1n) is 9.83. The highest BCUT2D eigenvalue weighted by molar-refractivity contribution is 5.61. The molecule has 0 amide bonds. The minimum absolute atomic E-state index is 0.806. The molecule has 1 fully saturated rings. The Morgan fingerprint density at radius 1 is 0.786 bits per heavy atom. The molecular weight excluding hydrogens is 346 g/mol. The van der Waals surface area contributed by atoms with Gasteiger partial charge in [0.15, 0.2) is 0 Å². The second-order valence-electron chi connectivity index (χ2n) is 7.45. The molecule has 0 saturated carbocycles. The number of nitrogens with one attached hydrogen (secondary N) is 1. The first-order chi connectivity index (χ1) is 13.6.